The predicted molar refractivity (Wildman–Crippen MR) is 160 cm³/mol. The van der Waals surface area contributed by atoms with Crippen molar-refractivity contribution in [3.05, 3.63) is 144 Å². The monoisotopic (exact) mass is 519 g/mol. The van der Waals surface area contributed by atoms with E-state index in [0.717, 1.165) is 30.0 Å². The van der Waals surface area contributed by atoms with Gasteiger partial charge in [0.25, 0.3) is 0 Å². The number of allylic oxidation sites excluding steroid dienone is 5. The van der Waals surface area contributed by atoms with Gasteiger partial charge in [0.1, 0.15) is 23.7 Å². The molecule has 3 heterocycles. The van der Waals surface area contributed by atoms with Crippen molar-refractivity contribution in [3.63, 3.8) is 0 Å². The minimum absolute atomic E-state index is 0.0419. The Balaban J connectivity index is 1.40. The smallest absolute Gasteiger partial charge is 0.148 e. The number of ether oxygens (including phenoxy) is 2. The standard InChI is InChI=1S/C37H29NO2/c1-6-18-30-24(12-1)25-13-2-7-19-31(25)38(30)32-20-11-17-29-36(32)40-35-23-10-5-16-28(35)37(29)26-14-3-8-21-33(26)39-34-22-9-4-15-27(34)37/h1-6,8-18,20-23,26,28,33,35H,7,19H2. The second-order valence-electron chi connectivity index (χ2n) is 11.4. The lowest BCUT2D eigenvalue weighted by Gasteiger charge is -2.56. The first kappa shape index (κ1) is 22.3. The molecule has 0 saturated carbocycles. The molecule has 5 aliphatic rings. The van der Waals surface area contributed by atoms with Crippen LogP contribution < -0.4 is 9.47 Å². The van der Waals surface area contributed by atoms with E-state index in [4.69, 9.17) is 9.47 Å². The number of para-hydroxylation sites is 3. The lowest BCUT2D eigenvalue weighted by molar-refractivity contribution is 0.0454. The van der Waals surface area contributed by atoms with Crippen LogP contribution in [-0.2, 0) is 11.8 Å². The molecule has 0 bridgehead atoms. The molecule has 194 valence electrons. The number of rotatable bonds is 1. The fraction of sp³-hybridized carbons (Fsp3) is 0.189. The summed E-state index contributed by atoms with van der Waals surface area (Å²) in [6, 6.07) is 24.3. The van der Waals surface area contributed by atoms with Crippen LogP contribution in [-0.4, -0.2) is 16.8 Å². The van der Waals surface area contributed by atoms with Crippen molar-refractivity contribution in [2.24, 2.45) is 11.8 Å². The van der Waals surface area contributed by atoms with E-state index in [9.17, 15) is 0 Å². The number of hydrogen-bond donors (Lipinski definition) is 0. The van der Waals surface area contributed by atoms with E-state index in [1.165, 1.54) is 33.3 Å². The van der Waals surface area contributed by atoms with Crippen molar-refractivity contribution in [2.45, 2.75) is 30.5 Å². The molecule has 4 aromatic rings. The van der Waals surface area contributed by atoms with Crippen LogP contribution in [0.4, 0.5) is 0 Å². The average Bonchev–Trinajstić information content (AvgIpc) is 3.35. The summed E-state index contributed by atoms with van der Waals surface area (Å²) in [4.78, 5) is 0. The van der Waals surface area contributed by atoms with E-state index < -0.39 is 0 Å². The van der Waals surface area contributed by atoms with Crippen LogP contribution in [0.5, 0.6) is 11.5 Å². The van der Waals surface area contributed by atoms with Crippen molar-refractivity contribution >= 4 is 17.0 Å². The highest BCUT2D eigenvalue weighted by atomic mass is 16.5. The zero-order chi connectivity index (χ0) is 26.3. The summed E-state index contributed by atoms with van der Waals surface area (Å²) in [5, 5.41) is 1.30. The lowest BCUT2D eigenvalue weighted by Crippen LogP contribution is -2.57. The SMILES string of the molecule is C1=CC2Oc3ccccc3C3(c4cccc(-n5c6c(c7ccccc75)C=CCC6)c4OC4C=CC=CC43)C2C=C1. The maximum absolute atomic E-state index is 7.09. The van der Waals surface area contributed by atoms with Crippen molar-refractivity contribution < 1.29 is 9.47 Å². The quantitative estimate of drug-likeness (QED) is 0.255. The van der Waals surface area contributed by atoms with Crippen molar-refractivity contribution in [1.82, 2.24) is 4.57 Å². The number of fused-ring (bicyclic) bond motifs is 11. The second kappa shape index (κ2) is 8.25. The highest BCUT2D eigenvalue weighted by Crippen LogP contribution is 2.61. The molecule has 0 fully saturated rings. The highest BCUT2D eigenvalue weighted by Gasteiger charge is 2.59. The van der Waals surface area contributed by atoms with E-state index in [2.05, 4.69) is 132 Å². The Morgan fingerprint density at radius 1 is 0.700 bits per heavy atom. The Hall–Kier alpha value is -4.50. The first-order valence-corrected chi connectivity index (χ1v) is 14.4. The summed E-state index contributed by atoms with van der Waals surface area (Å²) >= 11 is 0. The fourth-order valence-electron chi connectivity index (χ4n) is 8.10. The number of benzene rings is 3. The molecule has 0 N–H and O–H groups in total. The van der Waals surface area contributed by atoms with E-state index in [-0.39, 0.29) is 29.5 Å². The van der Waals surface area contributed by atoms with Gasteiger partial charge in [-0.15, -0.1) is 0 Å². The molecule has 1 aromatic heterocycles. The summed E-state index contributed by atoms with van der Waals surface area (Å²) in [5.41, 5.74) is 7.20. The molecule has 3 aliphatic carbocycles. The maximum Gasteiger partial charge on any atom is 0.148 e. The molecule has 5 unspecified atom stereocenters. The third-order valence-electron chi connectivity index (χ3n) is 9.60. The molecule has 0 amide bonds. The molecule has 2 aliphatic heterocycles. The van der Waals surface area contributed by atoms with Crippen molar-refractivity contribution in [3.8, 4) is 17.2 Å². The first-order valence-electron chi connectivity index (χ1n) is 14.4. The summed E-state index contributed by atoms with van der Waals surface area (Å²) in [7, 11) is 0. The molecule has 40 heavy (non-hydrogen) atoms. The van der Waals surface area contributed by atoms with Crippen LogP contribution in [0.1, 0.15) is 28.8 Å². The minimum atomic E-state index is -0.348. The largest absolute Gasteiger partial charge is 0.485 e. The Bertz CT molecular complexity index is 1840. The van der Waals surface area contributed by atoms with Crippen molar-refractivity contribution in [2.75, 3.05) is 0 Å². The third-order valence-corrected chi connectivity index (χ3v) is 9.60. The van der Waals surface area contributed by atoms with Crippen LogP contribution in [0.3, 0.4) is 0 Å². The fourth-order valence-corrected chi connectivity index (χ4v) is 8.10. The van der Waals surface area contributed by atoms with Gasteiger partial charge in [-0.3, -0.25) is 0 Å². The topological polar surface area (TPSA) is 23.4 Å². The lowest BCUT2D eigenvalue weighted by atomic mass is 9.53. The maximum atomic E-state index is 7.09. The number of aromatic nitrogens is 1. The Morgan fingerprint density at radius 2 is 1.43 bits per heavy atom. The Morgan fingerprint density at radius 3 is 2.30 bits per heavy atom. The Labute approximate surface area is 234 Å². The van der Waals surface area contributed by atoms with Crippen molar-refractivity contribution in [1.29, 1.82) is 0 Å². The van der Waals surface area contributed by atoms with Crippen LogP contribution in [0.2, 0.25) is 0 Å². The summed E-state index contributed by atoms with van der Waals surface area (Å²) < 4.78 is 16.2. The molecular formula is C37H29NO2. The van der Waals surface area contributed by atoms with Crippen LogP contribution in [0.25, 0.3) is 22.7 Å². The van der Waals surface area contributed by atoms with Crippen LogP contribution in [0.15, 0.2) is 121 Å². The third kappa shape index (κ3) is 2.80. The van der Waals surface area contributed by atoms with Gasteiger partial charge in [-0.05, 0) is 43.2 Å². The average molecular weight is 520 g/mol. The van der Waals surface area contributed by atoms with Crippen LogP contribution in [0, 0.1) is 11.8 Å². The van der Waals surface area contributed by atoms with Gasteiger partial charge in [-0.1, -0.05) is 97.1 Å². The molecule has 0 saturated heterocycles. The van der Waals surface area contributed by atoms with Gasteiger partial charge >= 0.3 is 0 Å². The van der Waals surface area contributed by atoms with Gasteiger partial charge in [-0.2, -0.15) is 0 Å². The molecule has 3 heteroatoms. The normalized spacial score (nSPS) is 28.3. The van der Waals surface area contributed by atoms with E-state index in [0.29, 0.717) is 0 Å². The predicted octanol–water partition coefficient (Wildman–Crippen LogP) is 7.88. The number of hydrogen-bond acceptors (Lipinski definition) is 2. The molecule has 0 radical (unpaired) electrons. The molecule has 3 aromatic carbocycles. The van der Waals surface area contributed by atoms with Gasteiger partial charge in [0.2, 0.25) is 0 Å². The minimum Gasteiger partial charge on any atom is -0.485 e. The van der Waals surface area contributed by atoms with E-state index in [1.807, 2.05) is 0 Å². The van der Waals surface area contributed by atoms with Gasteiger partial charge in [0, 0.05) is 45.0 Å². The zero-order valence-electron chi connectivity index (χ0n) is 22.1. The van der Waals surface area contributed by atoms with Gasteiger partial charge in [0.05, 0.1) is 11.2 Å². The summed E-state index contributed by atoms with van der Waals surface area (Å²) in [5.74, 6) is 2.22. The molecule has 9 rings (SSSR count). The molecular weight excluding hydrogens is 490 g/mol. The van der Waals surface area contributed by atoms with Gasteiger partial charge in [-0.25, -0.2) is 0 Å². The first-order chi connectivity index (χ1) is 19.9. The molecule has 1 spiro atoms. The molecule has 3 nitrogen and oxygen atoms in total. The summed E-state index contributed by atoms with van der Waals surface area (Å²) in [6.07, 6.45) is 24.4. The van der Waals surface area contributed by atoms with Crippen LogP contribution >= 0.6 is 0 Å². The Kier molecular flexibility index (Phi) is 4.61. The van der Waals surface area contributed by atoms with Gasteiger partial charge < -0.3 is 14.0 Å². The highest BCUT2D eigenvalue weighted by molar-refractivity contribution is 5.93. The molecule has 5 atom stereocenters. The second-order valence-corrected chi connectivity index (χ2v) is 11.4. The number of nitrogens with zero attached hydrogens (tertiary/aromatic N) is 1. The van der Waals surface area contributed by atoms with E-state index >= 15 is 0 Å². The summed E-state index contributed by atoms with van der Waals surface area (Å²) in [6.45, 7) is 0. The van der Waals surface area contributed by atoms with E-state index in [1.54, 1.807) is 0 Å². The van der Waals surface area contributed by atoms with Gasteiger partial charge in [0.15, 0.2) is 0 Å². The zero-order valence-corrected chi connectivity index (χ0v) is 22.1.